The number of aryl methyl sites for hydroxylation is 2. The van der Waals surface area contributed by atoms with Crippen LogP contribution in [0.3, 0.4) is 0 Å². The number of morpholine rings is 1. The maximum atomic E-state index is 13.9. The highest BCUT2D eigenvalue weighted by molar-refractivity contribution is 7.92. The van der Waals surface area contributed by atoms with Crippen LogP contribution in [0, 0.1) is 24.1 Å². The van der Waals surface area contributed by atoms with Gasteiger partial charge in [-0.15, -0.1) is 0 Å². The summed E-state index contributed by atoms with van der Waals surface area (Å²) in [6.07, 6.45) is 12.8. The van der Waals surface area contributed by atoms with Crippen molar-refractivity contribution in [1.82, 2.24) is 40.3 Å². The van der Waals surface area contributed by atoms with Crippen LogP contribution < -0.4 is 41.4 Å². The Labute approximate surface area is 625 Å². The first kappa shape index (κ1) is 75.5. The van der Waals surface area contributed by atoms with Gasteiger partial charge in [-0.2, -0.15) is 15.3 Å². The molecule has 0 spiro atoms. The third-order valence-electron chi connectivity index (χ3n) is 20.9. The molecule has 548 valence electrons. The quantitative estimate of drug-likeness (QED) is 0.0533. The number of aromatic nitrogens is 5. The van der Waals surface area contributed by atoms with E-state index in [1.807, 2.05) is 49.0 Å². The average molecular weight is 1490 g/mol. The minimum absolute atomic E-state index is 0.0121. The van der Waals surface area contributed by atoms with Gasteiger partial charge in [0.1, 0.15) is 22.7 Å². The summed E-state index contributed by atoms with van der Waals surface area (Å²) in [6, 6.07) is 30.9. The molecule has 0 radical (unpaired) electrons. The minimum atomic E-state index is -3.52. The van der Waals surface area contributed by atoms with Crippen LogP contribution in [0.2, 0.25) is 15.1 Å². The highest BCUT2D eigenvalue weighted by Crippen LogP contribution is 2.52. The number of allylic oxidation sites excluding steroid dienone is 2. The third-order valence-corrected chi connectivity index (χ3v) is 24.1. The molecule has 4 fully saturated rings. The lowest BCUT2D eigenvalue weighted by Crippen LogP contribution is -2.49. The molecule has 14 rings (SSSR count). The Balaban J connectivity index is 0.000000148. The van der Waals surface area contributed by atoms with E-state index < -0.39 is 27.0 Å². The molecule has 4 saturated heterocycles. The summed E-state index contributed by atoms with van der Waals surface area (Å²) in [7, 11) is -3.52. The zero-order valence-electron chi connectivity index (χ0n) is 60.6. The first-order valence-corrected chi connectivity index (χ1v) is 38.9. The number of para-hydroxylation sites is 1. The SMILES string of the molecule is CCc1cc2c(cc1N1CCC(N3CCOCC3)CC1)C(C)(C)C1=C(C2=O)c2ccc(C#N)cc2C1.C[C@@H](Oc1cc(-c2ccn(C3CCNCC3)n2)cnc1N)c1c(Cl)ccc(F)c1Cl.Cc1cc(Nc2ncc(Cl)c(Nc3ccccc3S(=O)(=O)C(C)C)n2)c(OC(C)C)cc1C1CCNCC1. The fourth-order valence-corrected chi connectivity index (χ4v) is 17.1. The highest BCUT2D eigenvalue weighted by Gasteiger charge is 2.44. The third kappa shape index (κ3) is 16.4. The predicted octanol–water partition coefficient (Wildman–Crippen LogP) is 16.3. The zero-order chi connectivity index (χ0) is 73.7. The van der Waals surface area contributed by atoms with Crippen molar-refractivity contribution in [3.05, 3.63) is 186 Å². The van der Waals surface area contributed by atoms with Gasteiger partial charge >= 0.3 is 0 Å². The standard InChI is InChI=1S/C31H35N3O2.C28H36ClN5O3S.C21H22Cl2FN5O/c1-4-21-16-25-26(18-28(21)34-9-7-23(8-10-34)33-11-13-36-14-12-33)31(2,3)27-17-22-15-20(19-32)5-6-24(22)29(27)30(25)35;1-17(2)37-25-15-21(20-10-12-30-13-11-20)19(5)14-24(25)33-28-31-16-22(29)27(34-28)32-23-8-6-7-9-26(23)38(35,36)18(3)4;1-12(19-15(22)2-3-16(24)20(19)23)30-18-10-13(11-27-21(18)25)17-6-9-29(28-17)14-4-7-26-8-5-14/h5-6,15-16,18,23H,4,7-14,17H2,1-3H3;6-9,14-18,20,30H,10-13H2,1-5H3,(H2,31,32,33,34);2-3,6,9-12,14,26H,4-5,7-8H2,1H3,(H2,25,27)/t;;12-/m..1/s1. The number of hydrogen-bond acceptors (Lipinski definition) is 18. The number of nitrogens with one attached hydrogen (secondary N) is 4. The summed E-state index contributed by atoms with van der Waals surface area (Å²) < 4.78 is 59.4. The van der Waals surface area contributed by atoms with Crippen LogP contribution in [0.4, 0.5) is 39.0 Å². The van der Waals surface area contributed by atoms with E-state index in [4.69, 9.17) is 59.8 Å². The van der Waals surface area contributed by atoms with Gasteiger partial charge in [-0.25, -0.2) is 22.8 Å². The summed E-state index contributed by atoms with van der Waals surface area (Å²) in [5.74, 6) is 1.99. The fourth-order valence-electron chi connectivity index (χ4n) is 15.1. The molecule has 104 heavy (non-hydrogen) atoms. The van der Waals surface area contributed by atoms with Gasteiger partial charge in [-0.3, -0.25) is 14.4 Å². The van der Waals surface area contributed by atoms with E-state index in [2.05, 4.69) is 104 Å². The van der Waals surface area contributed by atoms with Crippen molar-refractivity contribution in [2.45, 2.75) is 159 Å². The number of ether oxygens (including phenoxy) is 3. The Morgan fingerprint density at radius 1 is 0.798 bits per heavy atom. The molecule has 1 atom stereocenters. The van der Waals surface area contributed by atoms with Crippen LogP contribution in [0.25, 0.3) is 16.8 Å². The second-order valence-electron chi connectivity index (χ2n) is 28.6. The Morgan fingerprint density at radius 2 is 1.52 bits per heavy atom. The summed E-state index contributed by atoms with van der Waals surface area (Å²) in [5, 5.41) is 27.2. The Bertz CT molecular complexity index is 4670. The number of carbonyl (C=O) groups excluding carboxylic acids is 1. The molecule has 5 aromatic carbocycles. The number of piperidine rings is 3. The topological polar surface area (TPSA) is 240 Å². The number of nitriles is 1. The normalized spacial score (nSPS) is 17.4. The largest absolute Gasteiger partial charge is 0.489 e. The van der Waals surface area contributed by atoms with Crippen molar-refractivity contribution in [1.29, 1.82) is 5.26 Å². The smallest absolute Gasteiger partial charge is 0.229 e. The molecule has 0 unspecified atom stereocenters. The molecule has 6 N–H and O–H groups in total. The van der Waals surface area contributed by atoms with Crippen LogP contribution in [0.1, 0.15) is 167 Å². The van der Waals surface area contributed by atoms with E-state index >= 15 is 0 Å². The molecule has 0 bridgehead atoms. The summed E-state index contributed by atoms with van der Waals surface area (Å²) in [5.41, 5.74) is 20.8. The summed E-state index contributed by atoms with van der Waals surface area (Å²) in [6.45, 7) is 27.8. The van der Waals surface area contributed by atoms with Crippen LogP contribution in [0.15, 0.2) is 120 Å². The molecule has 2 aliphatic carbocycles. The molecule has 0 saturated carbocycles. The van der Waals surface area contributed by atoms with E-state index in [0.29, 0.717) is 57.4 Å². The lowest BCUT2D eigenvalue weighted by molar-refractivity contribution is 0.0115. The van der Waals surface area contributed by atoms with Crippen LogP contribution in [-0.2, 0) is 32.8 Å². The monoisotopic (exact) mass is 1490 g/mol. The van der Waals surface area contributed by atoms with Crippen molar-refractivity contribution < 1.29 is 31.8 Å². The molecule has 0 amide bonds. The Hall–Kier alpha value is -8.17. The fraction of sp³-hybridized carbons (Fsp3) is 0.425. The molecule has 7 heterocycles. The number of hydrogen-bond donors (Lipinski definition) is 5. The lowest BCUT2D eigenvalue weighted by atomic mass is 9.68. The molecule has 8 aromatic rings. The number of sulfone groups is 1. The predicted molar refractivity (Wildman–Crippen MR) is 413 cm³/mol. The van der Waals surface area contributed by atoms with Gasteiger partial charge in [-0.1, -0.05) is 73.8 Å². The van der Waals surface area contributed by atoms with Gasteiger partial charge in [0.25, 0.3) is 0 Å². The van der Waals surface area contributed by atoms with E-state index in [9.17, 15) is 22.9 Å². The van der Waals surface area contributed by atoms with Crippen molar-refractivity contribution in [2.75, 3.05) is 86.8 Å². The molecular formula is C80H93Cl3FN13O6S. The molecule has 24 heteroatoms. The van der Waals surface area contributed by atoms with Gasteiger partial charge in [0.2, 0.25) is 5.95 Å². The summed E-state index contributed by atoms with van der Waals surface area (Å²) in [4.78, 5) is 32.5. The van der Waals surface area contributed by atoms with Crippen LogP contribution >= 0.6 is 34.8 Å². The van der Waals surface area contributed by atoms with Gasteiger partial charge in [0.15, 0.2) is 33.0 Å². The number of Topliss-reactive ketones (excluding diaryl/α,β-unsaturated/α-hetero) is 1. The first-order valence-electron chi connectivity index (χ1n) is 36.2. The number of nitrogen functional groups attached to an aromatic ring is 1. The van der Waals surface area contributed by atoms with Gasteiger partial charge in [-0.05, 0) is 237 Å². The highest BCUT2D eigenvalue weighted by atomic mass is 35.5. The number of halogens is 4. The van der Waals surface area contributed by atoms with Crippen LogP contribution in [-0.4, -0.2) is 127 Å². The number of nitrogens with zero attached hydrogens (tertiary/aromatic N) is 8. The maximum Gasteiger partial charge on any atom is 0.229 e. The van der Waals surface area contributed by atoms with Crippen molar-refractivity contribution in [3.63, 3.8) is 0 Å². The number of ketones is 1. The van der Waals surface area contributed by atoms with Crippen molar-refractivity contribution in [3.8, 4) is 28.8 Å². The molecule has 6 aliphatic rings. The Morgan fingerprint density at radius 3 is 2.22 bits per heavy atom. The molecule has 3 aromatic heterocycles. The molecular weight excluding hydrogens is 1400 g/mol. The number of pyridine rings is 1. The number of benzene rings is 5. The van der Waals surface area contributed by atoms with Gasteiger partial charge < -0.3 is 46.1 Å². The second-order valence-corrected chi connectivity index (χ2v) is 32.3. The van der Waals surface area contributed by atoms with Crippen molar-refractivity contribution in [2.24, 2.45) is 0 Å². The van der Waals surface area contributed by atoms with Gasteiger partial charge in [0.05, 0.1) is 75.4 Å². The lowest BCUT2D eigenvalue weighted by Gasteiger charge is -2.42. The number of carbonyl (C=O) groups is 1. The maximum absolute atomic E-state index is 13.9. The molecule has 19 nitrogen and oxygen atoms in total. The number of fused-ring (bicyclic) bond motifs is 3. The minimum Gasteiger partial charge on any atom is -0.489 e. The summed E-state index contributed by atoms with van der Waals surface area (Å²) >= 11 is 18.7. The van der Waals surface area contributed by atoms with E-state index in [-0.39, 0.29) is 38.1 Å². The van der Waals surface area contributed by atoms with Gasteiger partial charge in [0, 0.05) is 83.0 Å². The van der Waals surface area contributed by atoms with Crippen molar-refractivity contribution >= 4 is 90.6 Å². The van der Waals surface area contributed by atoms with E-state index in [0.717, 1.165) is 155 Å². The average Bonchev–Trinajstić information content (AvgIpc) is 1.49. The van der Waals surface area contributed by atoms with Crippen LogP contribution in [0.5, 0.6) is 11.5 Å². The number of rotatable bonds is 17. The molecule has 4 aliphatic heterocycles. The van der Waals surface area contributed by atoms with E-state index in [1.54, 1.807) is 57.3 Å². The van der Waals surface area contributed by atoms with E-state index in [1.165, 1.54) is 59.1 Å². The number of nitrogens with two attached hydrogens (primary N) is 1. The second kappa shape index (κ2) is 32.7. The Kier molecular flexibility index (Phi) is 23.7. The first-order chi connectivity index (χ1) is 49.9. The zero-order valence-corrected chi connectivity index (χ0v) is 63.7. The number of anilines is 6.